The van der Waals surface area contributed by atoms with E-state index in [9.17, 15) is 10.2 Å². The zero-order valence-electron chi connectivity index (χ0n) is 13.1. The summed E-state index contributed by atoms with van der Waals surface area (Å²) in [6, 6.07) is 4.05. The number of phenols is 2. The van der Waals surface area contributed by atoms with Gasteiger partial charge in [-0.05, 0) is 50.8 Å². The van der Waals surface area contributed by atoms with E-state index in [0.717, 1.165) is 57.6 Å². The summed E-state index contributed by atoms with van der Waals surface area (Å²) in [6.07, 6.45) is 3.93. The Morgan fingerprint density at radius 1 is 1.24 bits per heavy atom. The van der Waals surface area contributed by atoms with Crippen molar-refractivity contribution < 1.29 is 14.9 Å². The number of phenolic OH excluding ortho intramolecular Hbond substituents is 2. The molecule has 2 N–H and O–H groups in total. The summed E-state index contributed by atoms with van der Waals surface area (Å²) < 4.78 is 5.49. The van der Waals surface area contributed by atoms with Crippen molar-refractivity contribution in [2.45, 2.75) is 45.6 Å². The van der Waals surface area contributed by atoms with Crippen molar-refractivity contribution >= 4 is 0 Å². The zero-order chi connectivity index (χ0) is 15.2. The molecule has 0 amide bonds. The van der Waals surface area contributed by atoms with E-state index in [0.29, 0.717) is 6.04 Å². The molecular weight excluding hydrogens is 266 g/mol. The monoisotopic (exact) mass is 293 g/mol. The first-order valence-electron chi connectivity index (χ1n) is 8.01. The van der Waals surface area contributed by atoms with Crippen molar-refractivity contribution in [3.8, 4) is 11.5 Å². The molecule has 21 heavy (non-hydrogen) atoms. The molecule has 0 aliphatic heterocycles. The van der Waals surface area contributed by atoms with Gasteiger partial charge in [-0.1, -0.05) is 13.0 Å². The molecule has 4 heteroatoms. The van der Waals surface area contributed by atoms with Crippen LogP contribution in [-0.2, 0) is 17.6 Å². The van der Waals surface area contributed by atoms with Crippen molar-refractivity contribution in [3.63, 3.8) is 0 Å². The number of aromatic hydroxyl groups is 2. The van der Waals surface area contributed by atoms with Crippen LogP contribution in [0.15, 0.2) is 12.1 Å². The van der Waals surface area contributed by atoms with E-state index >= 15 is 0 Å². The summed E-state index contributed by atoms with van der Waals surface area (Å²) in [7, 11) is 0. The maximum absolute atomic E-state index is 9.96. The van der Waals surface area contributed by atoms with E-state index in [4.69, 9.17) is 4.74 Å². The first kappa shape index (κ1) is 16.1. The van der Waals surface area contributed by atoms with Crippen molar-refractivity contribution in [1.29, 1.82) is 0 Å². The smallest absolute Gasteiger partial charge is 0.160 e. The summed E-state index contributed by atoms with van der Waals surface area (Å²) in [4.78, 5) is 2.50. The van der Waals surface area contributed by atoms with Crippen LogP contribution in [0.25, 0.3) is 0 Å². The third-order valence-electron chi connectivity index (χ3n) is 4.30. The molecule has 0 bridgehead atoms. The highest BCUT2D eigenvalue weighted by Gasteiger charge is 2.26. The number of fused-ring (bicyclic) bond motifs is 1. The van der Waals surface area contributed by atoms with Gasteiger partial charge in [-0.3, -0.25) is 4.90 Å². The molecule has 0 saturated carbocycles. The van der Waals surface area contributed by atoms with Crippen LogP contribution >= 0.6 is 0 Å². The number of ether oxygens (including phenoxy) is 1. The minimum atomic E-state index is -0.00559. The fourth-order valence-corrected chi connectivity index (χ4v) is 3.20. The summed E-state index contributed by atoms with van der Waals surface area (Å²) in [5.41, 5.74) is 2.09. The Bertz CT molecular complexity index is 462. The molecule has 118 valence electrons. The molecule has 0 heterocycles. The number of hydrogen-bond donors (Lipinski definition) is 2. The minimum absolute atomic E-state index is 0.00559. The van der Waals surface area contributed by atoms with Gasteiger partial charge in [0.15, 0.2) is 11.5 Å². The standard InChI is InChI=1S/C17H27NO3/c1-3-9-18(10-11-21-4-2)14-6-7-15-13(12-14)5-8-16(19)17(15)20/h5,8,14,19-20H,3-4,6-7,9-12H2,1-2H3. The molecule has 0 radical (unpaired) electrons. The predicted molar refractivity (Wildman–Crippen MR) is 83.9 cm³/mol. The molecule has 2 rings (SSSR count). The Morgan fingerprint density at radius 3 is 2.76 bits per heavy atom. The highest BCUT2D eigenvalue weighted by atomic mass is 16.5. The zero-order valence-corrected chi connectivity index (χ0v) is 13.1. The predicted octanol–water partition coefficient (Wildman–Crippen LogP) is 2.70. The second-order valence-corrected chi connectivity index (χ2v) is 5.70. The molecule has 1 aromatic carbocycles. The van der Waals surface area contributed by atoms with Crippen LogP contribution in [0, 0.1) is 0 Å². The van der Waals surface area contributed by atoms with Crippen LogP contribution in [0.3, 0.4) is 0 Å². The van der Waals surface area contributed by atoms with Gasteiger partial charge in [-0.25, -0.2) is 0 Å². The first-order valence-corrected chi connectivity index (χ1v) is 8.01. The average Bonchev–Trinajstić information content (AvgIpc) is 2.50. The molecule has 4 nitrogen and oxygen atoms in total. The van der Waals surface area contributed by atoms with Crippen molar-refractivity contribution in [3.05, 3.63) is 23.3 Å². The summed E-state index contributed by atoms with van der Waals surface area (Å²) in [5.74, 6) is 0.0660. The Balaban J connectivity index is 2.05. The van der Waals surface area contributed by atoms with Gasteiger partial charge in [0.05, 0.1) is 6.61 Å². The van der Waals surface area contributed by atoms with Crippen LogP contribution < -0.4 is 0 Å². The van der Waals surface area contributed by atoms with Gasteiger partial charge >= 0.3 is 0 Å². The summed E-state index contributed by atoms with van der Waals surface area (Å²) in [5, 5.41) is 19.6. The summed E-state index contributed by atoms with van der Waals surface area (Å²) in [6.45, 7) is 7.81. The fraction of sp³-hybridized carbons (Fsp3) is 0.647. The average molecular weight is 293 g/mol. The molecule has 0 saturated heterocycles. The van der Waals surface area contributed by atoms with E-state index in [1.54, 1.807) is 6.07 Å². The Labute approximate surface area is 127 Å². The van der Waals surface area contributed by atoms with Gasteiger partial charge < -0.3 is 14.9 Å². The van der Waals surface area contributed by atoms with E-state index in [1.807, 2.05) is 13.0 Å². The quantitative estimate of drug-likeness (QED) is 0.599. The Hall–Kier alpha value is -1.26. The lowest BCUT2D eigenvalue weighted by molar-refractivity contribution is 0.0893. The maximum atomic E-state index is 9.96. The molecule has 0 aromatic heterocycles. The van der Waals surface area contributed by atoms with Crippen LogP contribution in [0.1, 0.15) is 37.8 Å². The van der Waals surface area contributed by atoms with Gasteiger partial charge in [0, 0.05) is 24.8 Å². The molecule has 1 aliphatic rings. The van der Waals surface area contributed by atoms with Crippen molar-refractivity contribution in [2.24, 2.45) is 0 Å². The second-order valence-electron chi connectivity index (χ2n) is 5.70. The van der Waals surface area contributed by atoms with Crippen LogP contribution in [0.2, 0.25) is 0 Å². The molecule has 1 unspecified atom stereocenters. The molecule has 1 atom stereocenters. The van der Waals surface area contributed by atoms with Crippen molar-refractivity contribution in [1.82, 2.24) is 4.90 Å². The molecule has 1 aromatic rings. The van der Waals surface area contributed by atoms with Gasteiger partial charge in [-0.15, -0.1) is 0 Å². The summed E-state index contributed by atoms with van der Waals surface area (Å²) >= 11 is 0. The number of rotatable bonds is 7. The van der Waals surface area contributed by atoms with Gasteiger partial charge in [0.25, 0.3) is 0 Å². The first-order chi connectivity index (χ1) is 10.2. The lowest BCUT2D eigenvalue weighted by atomic mass is 9.86. The fourth-order valence-electron chi connectivity index (χ4n) is 3.20. The highest BCUT2D eigenvalue weighted by Crippen LogP contribution is 2.36. The van der Waals surface area contributed by atoms with E-state index in [1.165, 1.54) is 5.56 Å². The number of nitrogens with zero attached hydrogens (tertiary/aromatic N) is 1. The largest absolute Gasteiger partial charge is 0.504 e. The highest BCUT2D eigenvalue weighted by molar-refractivity contribution is 5.50. The Kier molecular flexibility index (Phi) is 5.88. The third kappa shape index (κ3) is 3.89. The lowest BCUT2D eigenvalue weighted by Gasteiger charge is -2.35. The topological polar surface area (TPSA) is 52.9 Å². The van der Waals surface area contributed by atoms with E-state index in [-0.39, 0.29) is 11.5 Å². The van der Waals surface area contributed by atoms with Crippen LogP contribution in [0.4, 0.5) is 0 Å². The molecule has 0 fully saturated rings. The van der Waals surface area contributed by atoms with Crippen molar-refractivity contribution in [2.75, 3.05) is 26.3 Å². The lowest BCUT2D eigenvalue weighted by Crippen LogP contribution is -2.41. The Morgan fingerprint density at radius 2 is 2.05 bits per heavy atom. The van der Waals surface area contributed by atoms with E-state index in [2.05, 4.69) is 11.8 Å². The normalized spacial score (nSPS) is 18.0. The molecule has 1 aliphatic carbocycles. The van der Waals surface area contributed by atoms with Gasteiger partial charge in [0.1, 0.15) is 0 Å². The number of hydrogen-bond acceptors (Lipinski definition) is 4. The molecule has 0 spiro atoms. The molecular formula is C17H27NO3. The SMILES string of the molecule is CCCN(CCOCC)C1CCc2c(ccc(O)c2O)C1. The number of benzene rings is 1. The third-order valence-corrected chi connectivity index (χ3v) is 4.30. The second kappa shape index (κ2) is 7.66. The van der Waals surface area contributed by atoms with E-state index < -0.39 is 0 Å². The van der Waals surface area contributed by atoms with Crippen LogP contribution in [0.5, 0.6) is 11.5 Å². The van der Waals surface area contributed by atoms with Crippen LogP contribution in [-0.4, -0.2) is 47.5 Å². The van der Waals surface area contributed by atoms with Gasteiger partial charge in [-0.2, -0.15) is 0 Å². The maximum Gasteiger partial charge on any atom is 0.160 e. The van der Waals surface area contributed by atoms with Gasteiger partial charge in [0.2, 0.25) is 0 Å². The minimum Gasteiger partial charge on any atom is -0.504 e.